The normalized spacial score (nSPS) is 20.6. The van der Waals surface area contributed by atoms with E-state index >= 15 is 0 Å². The lowest BCUT2D eigenvalue weighted by Gasteiger charge is -2.26. The van der Waals surface area contributed by atoms with E-state index < -0.39 is 97.3 Å². The molecule has 1 heterocycles. The number of carbonyl (C=O) groups excluding carboxylic acids is 6. The van der Waals surface area contributed by atoms with Gasteiger partial charge in [0, 0.05) is 25.5 Å². The number of aliphatic hydroxyl groups is 3. The molecule has 55 heavy (non-hydrogen) atoms. The number of esters is 1. The molecular formula is C38H61N5O12. The third-order valence-electron chi connectivity index (χ3n) is 8.74. The minimum Gasteiger partial charge on any atom is -0.481 e. The Labute approximate surface area is 322 Å². The lowest BCUT2D eigenvalue weighted by atomic mass is 9.98. The van der Waals surface area contributed by atoms with Crippen LogP contribution < -0.4 is 26.6 Å². The van der Waals surface area contributed by atoms with Gasteiger partial charge in [0.25, 0.3) is 0 Å². The molecule has 0 saturated carbocycles. The number of allylic oxidation sites excluding steroid dienone is 3. The summed E-state index contributed by atoms with van der Waals surface area (Å²) in [5.41, 5.74) is 0. The van der Waals surface area contributed by atoms with Gasteiger partial charge in [-0.2, -0.15) is 0 Å². The van der Waals surface area contributed by atoms with Gasteiger partial charge in [0.1, 0.15) is 24.7 Å². The molecule has 0 bridgehead atoms. The van der Waals surface area contributed by atoms with Crippen molar-refractivity contribution in [2.75, 3.05) is 26.4 Å². The number of amides is 5. The fourth-order valence-corrected chi connectivity index (χ4v) is 5.50. The van der Waals surface area contributed by atoms with Crippen molar-refractivity contribution in [1.29, 1.82) is 0 Å². The average Bonchev–Trinajstić information content (AvgIpc) is 3.14. The zero-order valence-electron chi connectivity index (χ0n) is 32.0. The van der Waals surface area contributed by atoms with Crippen LogP contribution in [0.5, 0.6) is 0 Å². The van der Waals surface area contributed by atoms with Gasteiger partial charge in [-0.1, -0.05) is 57.8 Å². The van der Waals surface area contributed by atoms with Gasteiger partial charge >= 0.3 is 11.9 Å². The van der Waals surface area contributed by atoms with Gasteiger partial charge in [-0.05, 0) is 69.8 Å². The summed E-state index contributed by atoms with van der Waals surface area (Å²) in [6, 6.07) is -5.50. The molecule has 0 radical (unpaired) electrons. The Hall–Kier alpha value is -4.61. The second-order valence-electron chi connectivity index (χ2n) is 13.6. The van der Waals surface area contributed by atoms with E-state index in [-0.39, 0.29) is 13.0 Å². The summed E-state index contributed by atoms with van der Waals surface area (Å²) >= 11 is 0. The van der Waals surface area contributed by atoms with Crippen LogP contribution in [-0.4, -0.2) is 112 Å². The van der Waals surface area contributed by atoms with Gasteiger partial charge in [0.05, 0.1) is 12.5 Å². The molecule has 1 saturated heterocycles. The van der Waals surface area contributed by atoms with Crippen LogP contribution in [0.2, 0.25) is 0 Å². The van der Waals surface area contributed by atoms with Crippen LogP contribution in [-0.2, 0) is 38.3 Å². The van der Waals surface area contributed by atoms with Gasteiger partial charge in [-0.15, -0.1) is 0 Å². The lowest BCUT2D eigenvalue weighted by Crippen LogP contribution is -2.59. The molecular weight excluding hydrogens is 718 g/mol. The van der Waals surface area contributed by atoms with Crippen molar-refractivity contribution in [3.05, 3.63) is 36.6 Å². The molecule has 5 atom stereocenters. The van der Waals surface area contributed by atoms with Crippen LogP contribution in [0.25, 0.3) is 0 Å². The van der Waals surface area contributed by atoms with Crippen molar-refractivity contribution in [3.63, 3.8) is 0 Å². The predicted molar refractivity (Wildman–Crippen MR) is 201 cm³/mol. The van der Waals surface area contributed by atoms with E-state index in [1.165, 1.54) is 6.08 Å². The Morgan fingerprint density at radius 3 is 1.96 bits per heavy atom. The highest BCUT2D eigenvalue weighted by molar-refractivity contribution is 5.97. The lowest BCUT2D eigenvalue weighted by molar-refractivity contribution is -0.151. The number of hydrogen-bond acceptors (Lipinski definition) is 11. The highest BCUT2D eigenvalue weighted by Gasteiger charge is 2.34. The zero-order valence-corrected chi connectivity index (χ0v) is 32.0. The summed E-state index contributed by atoms with van der Waals surface area (Å²) in [7, 11) is 0. The maximum absolute atomic E-state index is 13.2. The Kier molecular flexibility index (Phi) is 25.3. The third-order valence-corrected chi connectivity index (χ3v) is 8.74. The van der Waals surface area contributed by atoms with Gasteiger partial charge in [-0.25, -0.2) is 4.79 Å². The molecule has 17 heteroatoms. The SMILES string of the molecule is CC(C)[C@H]1NC(=O)[C@@H](NC(=O)/C=C/NC(=O)/C=C\CCCCCCC/C=C\CCCCC(CCO)C(=O)O)COC(=O)[C@H](CO)NC(=O)[C@H](CCO)NC1=O. The Bertz CT molecular complexity index is 1320. The van der Waals surface area contributed by atoms with Crippen LogP contribution in [0.1, 0.15) is 97.3 Å². The van der Waals surface area contributed by atoms with E-state index in [1.54, 1.807) is 19.9 Å². The van der Waals surface area contributed by atoms with E-state index in [0.29, 0.717) is 19.3 Å². The maximum atomic E-state index is 13.2. The van der Waals surface area contributed by atoms with E-state index in [4.69, 9.17) is 14.9 Å². The number of hydrogen-bond donors (Lipinski definition) is 9. The Morgan fingerprint density at radius 1 is 0.745 bits per heavy atom. The van der Waals surface area contributed by atoms with Crippen molar-refractivity contribution < 1.29 is 58.7 Å². The van der Waals surface area contributed by atoms with Crippen LogP contribution in [0.4, 0.5) is 0 Å². The van der Waals surface area contributed by atoms with E-state index in [0.717, 1.165) is 70.1 Å². The van der Waals surface area contributed by atoms with Gasteiger partial charge < -0.3 is 51.7 Å². The third kappa shape index (κ3) is 21.2. The first-order chi connectivity index (χ1) is 26.3. The summed E-state index contributed by atoms with van der Waals surface area (Å²) < 4.78 is 5.12. The largest absolute Gasteiger partial charge is 0.481 e. The summed E-state index contributed by atoms with van der Waals surface area (Å²) in [5.74, 6) is -6.69. The fraction of sp³-hybridized carbons (Fsp3) is 0.658. The molecule has 1 aliphatic heterocycles. The number of unbranched alkanes of at least 4 members (excludes halogenated alkanes) is 8. The number of carbonyl (C=O) groups is 7. The monoisotopic (exact) mass is 779 g/mol. The number of aliphatic hydroxyl groups excluding tert-OH is 3. The highest BCUT2D eigenvalue weighted by atomic mass is 16.5. The van der Waals surface area contributed by atoms with Gasteiger partial charge in [0.2, 0.25) is 29.5 Å². The van der Waals surface area contributed by atoms with Crippen LogP contribution in [0, 0.1) is 11.8 Å². The highest BCUT2D eigenvalue weighted by Crippen LogP contribution is 2.15. The zero-order chi connectivity index (χ0) is 41.0. The summed E-state index contributed by atoms with van der Waals surface area (Å²) in [6.45, 7) is 1.11. The van der Waals surface area contributed by atoms with E-state index in [2.05, 4.69) is 38.7 Å². The van der Waals surface area contributed by atoms with Crippen LogP contribution >= 0.6 is 0 Å². The van der Waals surface area contributed by atoms with Crippen LogP contribution in [0.15, 0.2) is 36.6 Å². The number of carboxylic acid groups (broad SMARTS) is 1. The van der Waals surface area contributed by atoms with Crippen molar-refractivity contribution in [2.24, 2.45) is 11.8 Å². The first-order valence-corrected chi connectivity index (χ1v) is 19.1. The Morgan fingerprint density at radius 2 is 1.36 bits per heavy atom. The molecule has 0 aromatic rings. The van der Waals surface area contributed by atoms with Crippen molar-refractivity contribution in [1.82, 2.24) is 26.6 Å². The molecule has 5 amide bonds. The molecule has 0 spiro atoms. The fourth-order valence-electron chi connectivity index (χ4n) is 5.50. The number of aliphatic carboxylic acids is 1. The number of rotatable bonds is 24. The maximum Gasteiger partial charge on any atom is 0.331 e. The van der Waals surface area contributed by atoms with E-state index in [9.17, 15) is 43.8 Å². The standard InChI is InChI=1S/C38H61N5O12/c1-26(2)33-36(51)41-28(20-23-45)34(49)42-29(24-46)38(54)55-25-30(35(50)43-33)40-32(48)18-21-39-31(47)17-15-13-11-9-7-5-3-4-6-8-10-12-14-16-27(19-22-44)37(52)53/h6,8,15,17-18,21,26-30,33,44-46H,3-5,7,9-14,16,19-20,22-25H2,1-2H3,(H,39,47)(H,40,48)(H,41,51)(H,42,49)(H,43,50)(H,52,53)/b8-6-,17-15-,21-18+/t27?,28-,29-,30-,33+/m0/s1. The smallest absolute Gasteiger partial charge is 0.331 e. The number of ether oxygens (including phenoxy) is 1. The van der Waals surface area contributed by atoms with Gasteiger partial charge in [0.15, 0.2) is 6.04 Å². The molecule has 9 N–H and O–H groups in total. The van der Waals surface area contributed by atoms with Crippen molar-refractivity contribution in [3.8, 4) is 0 Å². The Balaban J connectivity index is 2.49. The summed E-state index contributed by atoms with van der Waals surface area (Å²) in [5, 5.41) is 49.0. The average molecular weight is 780 g/mol. The van der Waals surface area contributed by atoms with Gasteiger partial charge in [-0.3, -0.25) is 28.8 Å². The number of nitrogens with one attached hydrogen (secondary N) is 5. The second kappa shape index (κ2) is 28.8. The molecule has 1 fully saturated rings. The molecule has 0 aromatic carbocycles. The molecule has 0 aliphatic carbocycles. The summed E-state index contributed by atoms with van der Waals surface area (Å²) in [4.78, 5) is 87.5. The molecule has 1 unspecified atom stereocenters. The number of cyclic esters (lactones) is 1. The minimum atomic E-state index is -1.55. The first kappa shape index (κ1) is 48.4. The second-order valence-corrected chi connectivity index (χ2v) is 13.6. The van der Waals surface area contributed by atoms with Crippen molar-refractivity contribution in [2.45, 2.75) is 121 Å². The molecule has 1 rings (SSSR count). The molecule has 310 valence electrons. The molecule has 17 nitrogen and oxygen atoms in total. The van der Waals surface area contributed by atoms with Crippen LogP contribution in [0.3, 0.4) is 0 Å². The topological polar surface area (TPSA) is 270 Å². The first-order valence-electron chi connectivity index (χ1n) is 19.1. The van der Waals surface area contributed by atoms with E-state index in [1.807, 2.05) is 0 Å². The predicted octanol–water partition coefficient (Wildman–Crippen LogP) is 0.630. The van der Waals surface area contributed by atoms with Crippen molar-refractivity contribution >= 4 is 41.5 Å². The molecule has 0 aromatic heterocycles. The molecule has 1 aliphatic rings. The summed E-state index contributed by atoms with van der Waals surface area (Å²) in [6.07, 6.45) is 19.6. The minimum absolute atomic E-state index is 0.106. The quantitative estimate of drug-likeness (QED) is 0.0283. The number of carboxylic acids is 1.